The summed E-state index contributed by atoms with van der Waals surface area (Å²) in [6.07, 6.45) is 0. The molecule has 0 aliphatic heterocycles. The Morgan fingerprint density at radius 3 is 2.24 bits per heavy atom. The van der Waals surface area contributed by atoms with Gasteiger partial charge in [0.25, 0.3) is 0 Å². The molecule has 0 bridgehead atoms. The van der Waals surface area contributed by atoms with E-state index in [0.717, 1.165) is 13.1 Å². The smallest absolute Gasteiger partial charge is 0.237 e. The minimum atomic E-state index is -0.103. The number of likely N-dealkylation sites (N-methyl/N-ethyl adjacent to an activating group) is 1. The zero-order valence-corrected chi connectivity index (χ0v) is 12.2. The van der Waals surface area contributed by atoms with Crippen LogP contribution in [0.5, 0.6) is 0 Å². The molecule has 17 heavy (non-hydrogen) atoms. The van der Waals surface area contributed by atoms with E-state index in [9.17, 15) is 4.79 Å². The van der Waals surface area contributed by atoms with E-state index in [0.29, 0.717) is 6.54 Å². The molecule has 0 heterocycles. The fourth-order valence-corrected chi connectivity index (χ4v) is 1.71. The standard InChI is InChI=1S/C13H29N3O/c1-7-16(9-13(5,6)8-14)11(4)12(17)15-10(2)3/h10-11H,7-9,14H2,1-6H3,(H,15,17). The minimum Gasteiger partial charge on any atom is -0.353 e. The molecule has 0 aliphatic carbocycles. The number of hydrogen-bond acceptors (Lipinski definition) is 3. The minimum absolute atomic E-state index is 0.0440. The molecule has 0 radical (unpaired) electrons. The predicted molar refractivity (Wildman–Crippen MR) is 72.8 cm³/mol. The van der Waals surface area contributed by atoms with E-state index in [2.05, 4.69) is 31.0 Å². The maximum Gasteiger partial charge on any atom is 0.237 e. The molecule has 1 amide bonds. The number of nitrogens with one attached hydrogen (secondary N) is 1. The Bertz CT molecular complexity index is 239. The van der Waals surface area contributed by atoms with Gasteiger partial charge in [-0.05, 0) is 39.3 Å². The number of nitrogens with two attached hydrogens (primary N) is 1. The molecular formula is C13H29N3O. The van der Waals surface area contributed by atoms with Gasteiger partial charge in [-0.25, -0.2) is 0 Å². The van der Waals surface area contributed by atoms with Gasteiger partial charge in [0.2, 0.25) is 5.91 Å². The van der Waals surface area contributed by atoms with E-state index in [1.807, 2.05) is 20.8 Å². The molecule has 0 aliphatic rings. The molecule has 4 nitrogen and oxygen atoms in total. The molecule has 3 N–H and O–H groups in total. The lowest BCUT2D eigenvalue weighted by Gasteiger charge is -2.34. The van der Waals surface area contributed by atoms with E-state index >= 15 is 0 Å². The van der Waals surface area contributed by atoms with Crippen molar-refractivity contribution in [3.8, 4) is 0 Å². The third-order valence-electron chi connectivity index (χ3n) is 2.95. The summed E-state index contributed by atoms with van der Waals surface area (Å²) in [7, 11) is 0. The van der Waals surface area contributed by atoms with Gasteiger partial charge in [-0.3, -0.25) is 9.69 Å². The third-order valence-corrected chi connectivity index (χ3v) is 2.95. The van der Waals surface area contributed by atoms with Crippen LogP contribution in [0.4, 0.5) is 0 Å². The molecule has 0 aromatic rings. The second-order valence-electron chi connectivity index (χ2n) is 5.77. The Labute approximate surface area is 106 Å². The predicted octanol–water partition coefficient (Wildman–Crippen LogP) is 1.21. The van der Waals surface area contributed by atoms with E-state index in [1.54, 1.807) is 0 Å². The largest absolute Gasteiger partial charge is 0.353 e. The van der Waals surface area contributed by atoms with Crippen LogP contribution in [0.1, 0.15) is 41.5 Å². The molecule has 0 saturated heterocycles. The first-order valence-electron chi connectivity index (χ1n) is 6.48. The van der Waals surface area contributed by atoms with Crippen LogP contribution < -0.4 is 11.1 Å². The van der Waals surface area contributed by atoms with Crippen LogP contribution in [0.2, 0.25) is 0 Å². The monoisotopic (exact) mass is 243 g/mol. The highest BCUT2D eigenvalue weighted by Crippen LogP contribution is 2.16. The summed E-state index contributed by atoms with van der Waals surface area (Å²) in [4.78, 5) is 14.1. The summed E-state index contributed by atoms with van der Waals surface area (Å²) < 4.78 is 0. The fraction of sp³-hybridized carbons (Fsp3) is 0.923. The number of nitrogens with zero attached hydrogens (tertiary/aromatic N) is 1. The molecule has 4 heteroatoms. The van der Waals surface area contributed by atoms with Gasteiger partial charge in [0.1, 0.15) is 0 Å². The van der Waals surface area contributed by atoms with Gasteiger partial charge in [-0.1, -0.05) is 20.8 Å². The van der Waals surface area contributed by atoms with Gasteiger partial charge in [0.15, 0.2) is 0 Å². The van der Waals surface area contributed by atoms with Crippen LogP contribution in [0.3, 0.4) is 0 Å². The molecule has 0 fully saturated rings. The molecular weight excluding hydrogens is 214 g/mol. The highest BCUT2D eigenvalue weighted by atomic mass is 16.2. The van der Waals surface area contributed by atoms with Gasteiger partial charge in [-0.2, -0.15) is 0 Å². The van der Waals surface area contributed by atoms with Crippen molar-refractivity contribution in [2.75, 3.05) is 19.6 Å². The van der Waals surface area contributed by atoms with Crippen molar-refractivity contribution in [1.82, 2.24) is 10.2 Å². The van der Waals surface area contributed by atoms with Gasteiger partial charge in [0.05, 0.1) is 6.04 Å². The Balaban J connectivity index is 4.50. The summed E-state index contributed by atoms with van der Waals surface area (Å²) in [5, 5.41) is 2.95. The van der Waals surface area contributed by atoms with Gasteiger partial charge >= 0.3 is 0 Å². The maximum atomic E-state index is 11.9. The molecule has 1 unspecified atom stereocenters. The van der Waals surface area contributed by atoms with E-state index in [1.165, 1.54) is 0 Å². The van der Waals surface area contributed by atoms with Gasteiger partial charge in [-0.15, -0.1) is 0 Å². The van der Waals surface area contributed by atoms with Gasteiger partial charge in [0, 0.05) is 12.6 Å². The molecule has 1 atom stereocenters. The quantitative estimate of drug-likeness (QED) is 0.706. The van der Waals surface area contributed by atoms with Crippen LogP contribution in [0, 0.1) is 5.41 Å². The number of rotatable bonds is 7. The number of amides is 1. The Morgan fingerprint density at radius 2 is 1.88 bits per heavy atom. The summed E-state index contributed by atoms with van der Waals surface area (Å²) in [5.74, 6) is 0.0923. The van der Waals surface area contributed by atoms with Crippen molar-refractivity contribution in [3.05, 3.63) is 0 Å². The molecule has 0 spiro atoms. The van der Waals surface area contributed by atoms with Crippen LogP contribution in [0.25, 0.3) is 0 Å². The maximum absolute atomic E-state index is 11.9. The highest BCUT2D eigenvalue weighted by molar-refractivity contribution is 5.81. The zero-order chi connectivity index (χ0) is 13.6. The average Bonchev–Trinajstić information content (AvgIpc) is 2.24. The van der Waals surface area contributed by atoms with Crippen molar-refractivity contribution < 1.29 is 4.79 Å². The van der Waals surface area contributed by atoms with Crippen molar-refractivity contribution in [1.29, 1.82) is 0 Å². The highest BCUT2D eigenvalue weighted by Gasteiger charge is 2.26. The zero-order valence-electron chi connectivity index (χ0n) is 12.2. The first-order chi connectivity index (χ1) is 7.73. The van der Waals surface area contributed by atoms with Crippen molar-refractivity contribution in [2.24, 2.45) is 11.1 Å². The Kier molecular flexibility index (Phi) is 6.72. The Hall–Kier alpha value is -0.610. The van der Waals surface area contributed by atoms with Crippen molar-refractivity contribution >= 4 is 5.91 Å². The molecule has 102 valence electrons. The number of hydrogen-bond donors (Lipinski definition) is 2. The lowest BCUT2D eigenvalue weighted by molar-refractivity contribution is -0.126. The summed E-state index contributed by atoms with van der Waals surface area (Å²) in [6, 6.07) is 0.0828. The lowest BCUT2D eigenvalue weighted by atomic mass is 9.92. The van der Waals surface area contributed by atoms with E-state index < -0.39 is 0 Å². The lowest BCUT2D eigenvalue weighted by Crippen LogP contribution is -2.50. The molecule has 0 aromatic heterocycles. The summed E-state index contributed by atoms with van der Waals surface area (Å²) in [6.45, 7) is 14.6. The van der Waals surface area contributed by atoms with Gasteiger partial charge < -0.3 is 11.1 Å². The summed E-state index contributed by atoms with van der Waals surface area (Å²) >= 11 is 0. The summed E-state index contributed by atoms with van der Waals surface area (Å²) in [5.41, 5.74) is 5.78. The first-order valence-corrected chi connectivity index (χ1v) is 6.48. The second kappa shape index (κ2) is 6.97. The van der Waals surface area contributed by atoms with Crippen LogP contribution in [0.15, 0.2) is 0 Å². The van der Waals surface area contributed by atoms with E-state index in [4.69, 9.17) is 5.73 Å². The number of carbonyl (C=O) groups excluding carboxylic acids is 1. The molecule has 0 aromatic carbocycles. The number of carbonyl (C=O) groups is 1. The average molecular weight is 243 g/mol. The van der Waals surface area contributed by atoms with Crippen molar-refractivity contribution in [2.45, 2.75) is 53.6 Å². The fourth-order valence-electron chi connectivity index (χ4n) is 1.71. The van der Waals surface area contributed by atoms with E-state index in [-0.39, 0.29) is 23.4 Å². The normalized spacial score (nSPS) is 14.2. The Morgan fingerprint density at radius 1 is 1.35 bits per heavy atom. The van der Waals surface area contributed by atoms with Crippen LogP contribution in [-0.2, 0) is 4.79 Å². The van der Waals surface area contributed by atoms with Crippen LogP contribution >= 0.6 is 0 Å². The third kappa shape index (κ3) is 6.03. The second-order valence-corrected chi connectivity index (χ2v) is 5.77. The van der Waals surface area contributed by atoms with Crippen molar-refractivity contribution in [3.63, 3.8) is 0 Å². The molecule has 0 saturated carbocycles. The molecule has 0 rings (SSSR count). The SMILES string of the molecule is CCN(CC(C)(C)CN)C(C)C(=O)NC(C)C. The topological polar surface area (TPSA) is 58.4 Å². The van der Waals surface area contributed by atoms with Crippen LogP contribution in [-0.4, -0.2) is 42.5 Å². The first kappa shape index (κ1) is 16.4.